The lowest BCUT2D eigenvalue weighted by Crippen LogP contribution is -2.27. The molecule has 0 N–H and O–H groups in total. The van der Waals surface area contributed by atoms with Crippen LogP contribution in [0.25, 0.3) is 0 Å². The Bertz CT molecular complexity index is 678. The van der Waals surface area contributed by atoms with E-state index in [-0.39, 0.29) is 5.91 Å². The Labute approximate surface area is 145 Å². The highest BCUT2D eigenvalue weighted by atomic mass is 32.2. The predicted octanol–water partition coefficient (Wildman–Crippen LogP) is 2.83. The molecule has 130 valence electrons. The molecule has 1 aliphatic carbocycles. The molecule has 2 aromatic rings. The van der Waals surface area contributed by atoms with Gasteiger partial charge in [-0.25, -0.2) is 4.68 Å². The van der Waals surface area contributed by atoms with Gasteiger partial charge in [-0.3, -0.25) is 4.79 Å². The first-order valence-corrected chi connectivity index (χ1v) is 9.32. The minimum Gasteiger partial charge on any atom is -0.464 e. The second-order valence-corrected chi connectivity index (χ2v) is 7.19. The van der Waals surface area contributed by atoms with Gasteiger partial charge >= 0.3 is 0 Å². The predicted molar refractivity (Wildman–Crippen MR) is 90.6 cm³/mol. The highest BCUT2D eigenvalue weighted by molar-refractivity contribution is 7.99. The molecule has 0 aromatic carbocycles. The maximum Gasteiger partial charge on any atom is 0.233 e. The number of carbonyl (C=O) groups excluding carboxylic acids is 1. The third kappa shape index (κ3) is 4.17. The molecule has 1 aliphatic rings. The number of nitrogens with zero attached hydrogens (tertiary/aromatic N) is 5. The van der Waals surface area contributed by atoms with Crippen LogP contribution in [0.5, 0.6) is 0 Å². The number of aromatic nitrogens is 4. The quantitative estimate of drug-likeness (QED) is 0.746. The van der Waals surface area contributed by atoms with Crippen molar-refractivity contribution in [2.45, 2.75) is 56.8 Å². The number of furan rings is 1. The number of amides is 1. The Morgan fingerprint density at radius 1 is 1.38 bits per heavy atom. The molecule has 0 unspecified atom stereocenters. The number of thioether (sulfide) groups is 1. The molecule has 1 saturated carbocycles. The Hall–Kier alpha value is -1.83. The van der Waals surface area contributed by atoms with E-state index in [9.17, 15) is 4.79 Å². The van der Waals surface area contributed by atoms with Gasteiger partial charge in [0.1, 0.15) is 11.5 Å². The molecule has 2 heterocycles. The summed E-state index contributed by atoms with van der Waals surface area (Å²) in [5.41, 5.74) is 0. The Morgan fingerprint density at radius 3 is 2.88 bits per heavy atom. The number of hydrogen-bond donors (Lipinski definition) is 0. The monoisotopic (exact) mass is 349 g/mol. The van der Waals surface area contributed by atoms with Crippen LogP contribution in [0.1, 0.15) is 49.7 Å². The summed E-state index contributed by atoms with van der Waals surface area (Å²) in [6, 6.07) is 4.17. The van der Waals surface area contributed by atoms with Gasteiger partial charge < -0.3 is 9.32 Å². The zero-order chi connectivity index (χ0) is 16.9. The molecule has 1 fully saturated rings. The molecular weight excluding hydrogens is 326 g/mol. The van der Waals surface area contributed by atoms with Gasteiger partial charge in [0.05, 0.1) is 18.3 Å². The van der Waals surface area contributed by atoms with Crippen LogP contribution in [0.2, 0.25) is 0 Å². The van der Waals surface area contributed by atoms with E-state index in [2.05, 4.69) is 15.5 Å². The van der Waals surface area contributed by atoms with Crippen molar-refractivity contribution in [1.82, 2.24) is 25.1 Å². The number of aryl methyl sites for hydroxylation is 1. The van der Waals surface area contributed by atoms with Crippen LogP contribution in [-0.4, -0.2) is 43.8 Å². The number of hydrogen-bond acceptors (Lipinski definition) is 6. The molecule has 0 spiro atoms. The molecule has 0 radical (unpaired) electrons. The van der Waals surface area contributed by atoms with Crippen LogP contribution in [0.15, 0.2) is 21.7 Å². The summed E-state index contributed by atoms with van der Waals surface area (Å²) in [4.78, 5) is 14.0. The van der Waals surface area contributed by atoms with E-state index in [4.69, 9.17) is 4.42 Å². The highest BCUT2D eigenvalue weighted by Crippen LogP contribution is 2.30. The standard InChI is InChI=1S/C16H23N5O2S/c1-12-8-9-14(23-12)10-20(2)15(22)11-24-16-17-18-19-21(16)13-6-4-3-5-7-13/h8-9,13H,3-7,10-11H2,1-2H3. The van der Waals surface area contributed by atoms with Crippen molar-refractivity contribution in [1.29, 1.82) is 0 Å². The number of carbonyl (C=O) groups is 1. The van der Waals surface area contributed by atoms with Crippen molar-refractivity contribution < 1.29 is 9.21 Å². The summed E-state index contributed by atoms with van der Waals surface area (Å²) in [7, 11) is 1.78. The van der Waals surface area contributed by atoms with Crippen molar-refractivity contribution in [3.8, 4) is 0 Å². The molecule has 0 bridgehead atoms. The summed E-state index contributed by atoms with van der Waals surface area (Å²) >= 11 is 1.40. The van der Waals surface area contributed by atoms with Crippen LogP contribution in [0, 0.1) is 6.92 Å². The lowest BCUT2D eigenvalue weighted by Gasteiger charge is -2.22. The second kappa shape index (κ2) is 7.83. The van der Waals surface area contributed by atoms with E-state index in [1.165, 1.54) is 31.0 Å². The molecule has 8 heteroatoms. The van der Waals surface area contributed by atoms with Crippen LogP contribution < -0.4 is 0 Å². The third-order valence-corrected chi connectivity index (χ3v) is 5.24. The Morgan fingerprint density at radius 2 is 2.17 bits per heavy atom. The third-order valence-electron chi connectivity index (χ3n) is 4.32. The first-order valence-electron chi connectivity index (χ1n) is 8.33. The van der Waals surface area contributed by atoms with Crippen molar-refractivity contribution in [2.24, 2.45) is 0 Å². The van der Waals surface area contributed by atoms with Crippen LogP contribution in [0.3, 0.4) is 0 Å². The average molecular weight is 349 g/mol. The van der Waals surface area contributed by atoms with Gasteiger partial charge in [-0.2, -0.15) is 0 Å². The summed E-state index contributed by atoms with van der Waals surface area (Å²) in [5, 5.41) is 12.7. The average Bonchev–Trinajstić information content (AvgIpc) is 3.22. The van der Waals surface area contributed by atoms with Gasteiger partial charge in [0.2, 0.25) is 11.1 Å². The van der Waals surface area contributed by atoms with E-state index in [0.29, 0.717) is 18.3 Å². The molecule has 1 amide bonds. The van der Waals surface area contributed by atoms with Gasteiger partial charge in [-0.15, -0.1) is 5.10 Å². The van der Waals surface area contributed by atoms with Gasteiger partial charge in [-0.05, 0) is 42.3 Å². The Balaban J connectivity index is 1.53. The molecule has 2 aromatic heterocycles. The zero-order valence-electron chi connectivity index (χ0n) is 14.1. The zero-order valence-corrected chi connectivity index (χ0v) is 15.0. The van der Waals surface area contributed by atoms with Crippen LogP contribution in [-0.2, 0) is 11.3 Å². The summed E-state index contributed by atoms with van der Waals surface area (Å²) in [6.07, 6.45) is 5.96. The normalized spacial score (nSPS) is 15.6. The van der Waals surface area contributed by atoms with E-state index in [1.54, 1.807) is 11.9 Å². The van der Waals surface area contributed by atoms with E-state index < -0.39 is 0 Å². The minimum atomic E-state index is 0.0345. The van der Waals surface area contributed by atoms with Crippen molar-refractivity contribution >= 4 is 17.7 Å². The number of tetrazole rings is 1. The second-order valence-electron chi connectivity index (χ2n) is 6.25. The summed E-state index contributed by atoms with van der Waals surface area (Å²) in [6.45, 7) is 2.37. The molecule has 0 atom stereocenters. The first kappa shape index (κ1) is 17.0. The molecule has 3 rings (SSSR count). The first-order chi connectivity index (χ1) is 11.6. The largest absolute Gasteiger partial charge is 0.464 e. The van der Waals surface area contributed by atoms with Gasteiger partial charge in [0, 0.05) is 7.05 Å². The maximum absolute atomic E-state index is 12.3. The lowest BCUT2D eigenvalue weighted by atomic mass is 9.96. The fourth-order valence-corrected chi connectivity index (χ4v) is 3.85. The van der Waals surface area contributed by atoms with E-state index >= 15 is 0 Å². The van der Waals surface area contributed by atoms with Gasteiger partial charge in [0.25, 0.3) is 0 Å². The fraction of sp³-hybridized carbons (Fsp3) is 0.625. The molecule has 0 aliphatic heterocycles. The smallest absolute Gasteiger partial charge is 0.233 e. The van der Waals surface area contributed by atoms with Crippen LogP contribution >= 0.6 is 11.8 Å². The van der Waals surface area contributed by atoms with Crippen LogP contribution in [0.4, 0.5) is 0 Å². The summed E-state index contributed by atoms with van der Waals surface area (Å²) in [5.74, 6) is 2.00. The maximum atomic E-state index is 12.3. The van der Waals surface area contributed by atoms with Crippen molar-refractivity contribution in [3.05, 3.63) is 23.7 Å². The molecule has 0 saturated heterocycles. The van der Waals surface area contributed by atoms with E-state index in [0.717, 1.165) is 29.5 Å². The summed E-state index contributed by atoms with van der Waals surface area (Å²) < 4.78 is 7.41. The van der Waals surface area contributed by atoms with Gasteiger partial charge in [-0.1, -0.05) is 31.0 Å². The molecule has 24 heavy (non-hydrogen) atoms. The van der Waals surface area contributed by atoms with Crippen molar-refractivity contribution in [2.75, 3.05) is 12.8 Å². The highest BCUT2D eigenvalue weighted by Gasteiger charge is 2.21. The Kier molecular flexibility index (Phi) is 5.55. The molecule has 7 nitrogen and oxygen atoms in total. The van der Waals surface area contributed by atoms with Crippen molar-refractivity contribution in [3.63, 3.8) is 0 Å². The van der Waals surface area contributed by atoms with E-state index in [1.807, 2.05) is 23.7 Å². The fourth-order valence-electron chi connectivity index (χ4n) is 2.96. The number of rotatable bonds is 6. The van der Waals surface area contributed by atoms with Gasteiger partial charge in [0.15, 0.2) is 0 Å². The molecular formula is C16H23N5O2S. The SMILES string of the molecule is Cc1ccc(CN(C)C(=O)CSc2nnnn2C2CCCCC2)o1. The minimum absolute atomic E-state index is 0.0345. The topological polar surface area (TPSA) is 77.1 Å². The lowest BCUT2D eigenvalue weighted by molar-refractivity contribution is -0.127.